The van der Waals surface area contributed by atoms with Crippen LogP contribution in [0.2, 0.25) is 0 Å². The van der Waals surface area contributed by atoms with Gasteiger partial charge in [0.2, 0.25) is 5.95 Å². The Bertz CT molecular complexity index is 651. The summed E-state index contributed by atoms with van der Waals surface area (Å²) in [7, 11) is 2.16. The van der Waals surface area contributed by atoms with E-state index in [0.717, 1.165) is 43.7 Å². The van der Waals surface area contributed by atoms with E-state index in [1.54, 1.807) is 0 Å². The number of likely N-dealkylation sites (N-methyl/N-ethyl adjacent to an activating group) is 1. The summed E-state index contributed by atoms with van der Waals surface area (Å²) in [5, 5.41) is 3.73. The minimum Gasteiger partial charge on any atom is -0.368 e. The van der Waals surface area contributed by atoms with Gasteiger partial charge in [-0.1, -0.05) is 20.8 Å². The zero-order chi connectivity index (χ0) is 17.8. The predicted molar refractivity (Wildman–Crippen MR) is 103 cm³/mol. The Morgan fingerprint density at radius 3 is 2.48 bits per heavy atom. The maximum Gasteiger partial charge on any atom is 0.223 e. The van der Waals surface area contributed by atoms with Crippen molar-refractivity contribution in [3.8, 4) is 0 Å². The second-order valence-corrected chi connectivity index (χ2v) is 9.07. The molecule has 3 N–H and O–H groups in total. The highest BCUT2D eigenvalue weighted by Crippen LogP contribution is 2.65. The average molecular weight is 345 g/mol. The molecular formula is C19H32N6. The molecule has 4 rings (SSSR count). The maximum atomic E-state index is 6.03. The van der Waals surface area contributed by atoms with Crippen molar-refractivity contribution in [3.05, 3.63) is 6.07 Å². The summed E-state index contributed by atoms with van der Waals surface area (Å²) in [5.74, 6) is 3.02. The third kappa shape index (κ3) is 2.65. The molecule has 2 aliphatic carbocycles. The van der Waals surface area contributed by atoms with E-state index < -0.39 is 0 Å². The summed E-state index contributed by atoms with van der Waals surface area (Å²) in [6.07, 6.45) is 3.89. The molecule has 3 aliphatic rings. The first-order valence-electron chi connectivity index (χ1n) is 9.64. The summed E-state index contributed by atoms with van der Waals surface area (Å²) < 4.78 is 0. The molecule has 1 saturated heterocycles. The van der Waals surface area contributed by atoms with Crippen molar-refractivity contribution >= 4 is 17.6 Å². The van der Waals surface area contributed by atoms with Gasteiger partial charge in [0, 0.05) is 38.3 Å². The first-order chi connectivity index (χ1) is 11.8. The molecule has 1 aliphatic heterocycles. The molecule has 138 valence electrons. The molecule has 3 fully saturated rings. The highest BCUT2D eigenvalue weighted by molar-refractivity contribution is 5.53. The molecule has 1 aromatic heterocycles. The Morgan fingerprint density at radius 2 is 1.88 bits per heavy atom. The van der Waals surface area contributed by atoms with Gasteiger partial charge in [-0.2, -0.15) is 9.97 Å². The number of piperazine rings is 1. The van der Waals surface area contributed by atoms with Crippen LogP contribution in [0.1, 0.15) is 40.0 Å². The van der Waals surface area contributed by atoms with Gasteiger partial charge in [-0.05, 0) is 43.1 Å². The van der Waals surface area contributed by atoms with Gasteiger partial charge in [-0.25, -0.2) is 0 Å². The number of fused-ring (bicyclic) bond motifs is 2. The van der Waals surface area contributed by atoms with Crippen LogP contribution in [0.3, 0.4) is 0 Å². The monoisotopic (exact) mass is 344 g/mol. The lowest BCUT2D eigenvalue weighted by atomic mass is 9.69. The van der Waals surface area contributed by atoms with Crippen LogP contribution >= 0.6 is 0 Å². The molecule has 3 atom stereocenters. The number of anilines is 3. The highest BCUT2D eigenvalue weighted by Gasteiger charge is 2.61. The Hall–Kier alpha value is -1.56. The topological polar surface area (TPSA) is 70.3 Å². The molecule has 1 unspecified atom stereocenters. The molecule has 0 spiro atoms. The number of nitrogen functional groups attached to an aromatic ring is 1. The number of hydrogen-bond donors (Lipinski definition) is 2. The largest absolute Gasteiger partial charge is 0.368 e. The zero-order valence-electron chi connectivity index (χ0n) is 16.0. The molecule has 0 radical (unpaired) electrons. The molecule has 2 saturated carbocycles. The normalized spacial score (nSPS) is 34.5. The summed E-state index contributed by atoms with van der Waals surface area (Å²) >= 11 is 0. The van der Waals surface area contributed by atoms with E-state index in [-0.39, 0.29) is 0 Å². The predicted octanol–water partition coefficient (Wildman–Crippen LogP) is 2.44. The van der Waals surface area contributed by atoms with Gasteiger partial charge in [-0.15, -0.1) is 0 Å². The summed E-state index contributed by atoms with van der Waals surface area (Å²) in [6, 6.07) is 2.56. The van der Waals surface area contributed by atoms with Gasteiger partial charge in [0.15, 0.2) is 0 Å². The third-order valence-electron chi connectivity index (χ3n) is 7.67. The highest BCUT2D eigenvalue weighted by atomic mass is 15.3. The van der Waals surface area contributed by atoms with Crippen LogP contribution in [0.15, 0.2) is 6.07 Å². The van der Waals surface area contributed by atoms with Crippen LogP contribution in [0.4, 0.5) is 17.6 Å². The van der Waals surface area contributed by atoms with Crippen molar-refractivity contribution in [3.63, 3.8) is 0 Å². The van der Waals surface area contributed by atoms with E-state index >= 15 is 0 Å². The Morgan fingerprint density at radius 1 is 1.16 bits per heavy atom. The number of rotatable bonds is 3. The first-order valence-corrected chi connectivity index (χ1v) is 9.64. The lowest BCUT2D eigenvalue weighted by Crippen LogP contribution is -2.45. The van der Waals surface area contributed by atoms with E-state index in [2.05, 4.69) is 59.0 Å². The number of aromatic nitrogens is 2. The smallest absolute Gasteiger partial charge is 0.223 e. The van der Waals surface area contributed by atoms with Crippen LogP contribution < -0.4 is 16.0 Å². The molecule has 0 aromatic carbocycles. The second-order valence-electron chi connectivity index (χ2n) is 9.07. The number of nitrogens with two attached hydrogens (primary N) is 1. The SMILES string of the molecule is CN1CCN(c2cc(NC3C[C@@H]4CC[C@]3(C)C4(C)C)nc(N)n2)CC1. The molecule has 6 heteroatoms. The average Bonchev–Trinajstić information content (AvgIpc) is 2.88. The van der Waals surface area contributed by atoms with Crippen LogP contribution in [-0.2, 0) is 0 Å². The fraction of sp³-hybridized carbons (Fsp3) is 0.789. The maximum absolute atomic E-state index is 6.03. The van der Waals surface area contributed by atoms with Gasteiger partial charge < -0.3 is 20.9 Å². The molecule has 25 heavy (non-hydrogen) atoms. The van der Waals surface area contributed by atoms with E-state index in [4.69, 9.17) is 5.73 Å². The molecule has 6 nitrogen and oxygen atoms in total. The number of nitrogens with zero attached hydrogens (tertiary/aromatic N) is 4. The Kier molecular flexibility index (Phi) is 3.87. The van der Waals surface area contributed by atoms with Crippen molar-refractivity contribution in [1.29, 1.82) is 0 Å². The number of nitrogens with one attached hydrogen (secondary N) is 1. The van der Waals surface area contributed by atoms with Crippen molar-refractivity contribution in [2.24, 2.45) is 16.7 Å². The Labute approximate surface area is 151 Å². The minimum absolute atomic E-state index is 0.325. The van der Waals surface area contributed by atoms with Crippen molar-refractivity contribution in [2.75, 3.05) is 49.2 Å². The van der Waals surface area contributed by atoms with Gasteiger partial charge in [0.25, 0.3) is 0 Å². The standard InChI is InChI=1S/C19H32N6/c1-18(2)13-5-6-19(18,3)14(11-13)21-15-12-16(23-17(20)22-15)25-9-7-24(4)8-10-25/h12-14H,5-11H2,1-4H3,(H3,20,21,22,23)/t13-,14?,19-/m0/s1. The molecule has 1 aromatic rings. The van der Waals surface area contributed by atoms with Crippen molar-refractivity contribution in [2.45, 2.75) is 46.1 Å². The van der Waals surface area contributed by atoms with Gasteiger partial charge >= 0.3 is 0 Å². The third-order valence-corrected chi connectivity index (χ3v) is 7.67. The minimum atomic E-state index is 0.325. The first kappa shape index (κ1) is 16.9. The van der Waals surface area contributed by atoms with Crippen molar-refractivity contribution < 1.29 is 0 Å². The van der Waals surface area contributed by atoms with E-state index in [9.17, 15) is 0 Å². The lowest BCUT2D eigenvalue weighted by Gasteiger charge is -2.39. The second kappa shape index (κ2) is 5.73. The summed E-state index contributed by atoms with van der Waals surface area (Å²) in [6.45, 7) is 11.4. The number of hydrogen-bond acceptors (Lipinski definition) is 6. The fourth-order valence-corrected chi connectivity index (χ4v) is 5.32. The van der Waals surface area contributed by atoms with Crippen LogP contribution in [0, 0.1) is 16.7 Å². The van der Waals surface area contributed by atoms with Crippen LogP contribution in [-0.4, -0.2) is 54.1 Å². The quantitative estimate of drug-likeness (QED) is 0.878. The lowest BCUT2D eigenvalue weighted by molar-refractivity contribution is 0.142. The van der Waals surface area contributed by atoms with Crippen LogP contribution in [0.5, 0.6) is 0 Å². The molecule has 2 bridgehead atoms. The molecule has 0 amide bonds. The zero-order valence-corrected chi connectivity index (χ0v) is 16.0. The van der Waals surface area contributed by atoms with Gasteiger partial charge in [-0.3, -0.25) is 0 Å². The van der Waals surface area contributed by atoms with Crippen LogP contribution in [0.25, 0.3) is 0 Å². The summed E-state index contributed by atoms with van der Waals surface area (Å²) in [5.41, 5.74) is 6.75. The van der Waals surface area contributed by atoms with E-state index in [0.29, 0.717) is 22.8 Å². The van der Waals surface area contributed by atoms with E-state index in [1.807, 2.05) is 0 Å². The molecular weight excluding hydrogens is 312 g/mol. The van der Waals surface area contributed by atoms with Gasteiger partial charge in [0.05, 0.1) is 0 Å². The van der Waals surface area contributed by atoms with E-state index in [1.165, 1.54) is 19.3 Å². The van der Waals surface area contributed by atoms with Crippen molar-refractivity contribution in [1.82, 2.24) is 14.9 Å². The van der Waals surface area contributed by atoms with Gasteiger partial charge in [0.1, 0.15) is 11.6 Å². The summed E-state index contributed by atoms with van der Waals surface area (Å²) in [4.78, 5) is 13.6. The molecule has 2 heterocycles. The fourth-order valence-electron chi connectivity index (χ4n) is 5.32. The Balaban J connectivity index is 1.54.